The lowest BCUT2D eigenvalue weighted by molar-refractivity contribution is 0.141. The number of rotatable bonds is 5. The first kappa shape index (κ1) is 12.4. The average Bonchev–Trinajstić information content (AvgIpc) is 2.84. The van der Waals surface area contributed by atoms with Gasteiger partial charge in [-0.15, -0.1) is 0 Å². The maximum Gasteiger partial charge on any atom is 0.124 e. The molecule has 2 unspecified atom stereocenters. The van der Waals surface area contributed by atoms with Crippen molar-refractivity contribution in [3.05, 3.63) is 29.8 Å². The van der Waals surface area contributed by atoms with Gasteiger partial charge in [0.15, 0.2) is 0 Å². The second-order valence-corrected chi connectivity index (χ2v) is 4.43. The van der Waals surface area contributed by atoms with Crippen LogP contribution in [0.15, 0.2) is 24.3 Å². The SMILES string of the molecule is CCC(NC)c1cccc(OC2CCOC2)c1. The number of ether oxygens (including phenoxy) is 2. The van der Waals surface area contributed by atoms with Crippen molar-refractivity contribution in [1.82, 2.24) is 5.32 Å². The van der Waals surface area contributed by atoms with Crippen molar-refractivity contribution in [2.75, 3.05) is 20.3 Å². The molecule has 94 valence electrons. The Balaban J connectivity index is 2.04. The highest BCUT2D eigenvalue weighted by Gasteiger charge is 2.17. The molecule has 0 aliphatic carbocycles. The quantitative estimate of drug-likeness (QED) is 0.850. The maximum atomic E-state index is 5.90. The molecule has 0 amide bonds. The van der Waals surface area contributed by atoms with Crippen molar-refractivity contribution in [1.29, 1.82) is 0 Å². The van der Waals surface area contributed by atoms with E-state index < -0.39 is 0 Å². The molecular weight excluding hydrogens is 214 g/mol. The molecule has 3 nitrogen and oxygen atoms in total. The molecule has 17 heavy (non-hydrogen) atoms. The van der Waals surface area contributed by atoms with Crippen LogP contribution in [0, 0.1) is 0 Å². The summed E-state index contributed by atoms with van der Waals surface area (Å²) in [6.07, 6.45) is 2.29. The number of nitrogens with one attached hydrogen (secondary N) is 1. The van der Waals surface area contributed by atoms with E-state index in [-0.39, 0.29) is 6.10 Å². The number of benzene rings is 1. The highest BCUT2D eigenvalue weighted by molar-refractivity contribution is 5.30. The molecule has 1 aliphatic rings. The molecule has 2 rings (SSSR count). The van der Waals surface area contributed by atoms with Gasteiger partial charge in [0.05, 0.1) is 13.2 Å². The third kappa shape index (κ3) is 3.20. The third-order valence-corrected chi connectivity index (χ3v) is 3.21. The molecule has 0 bridgehead atoms. The third-order valence-electron chi connectivity index (χ3n) is 3.21. The Hall–Kier alpha value is -1.06. The van der Waals surface area contributed by atoms with Gasteiger partial charge in [-0.1, -0.05) is 19.1 Å². The summed E-state index contributed by atoms with van der Waals surface area (Å²) in [5.74, 6) is 0.951. The molecule has 2 atom stereocenters. The first-order valence-electron chi connectivity index (χ1n) is 6.35. The predicted molar refractivity (Wildman–Crippen MR) is 68.4 cm³/mol. The Bertz CT molecular complexity index is 344. The molecule has 3 heteroatoms. The van der Waals surface area contributed by atoms with Crippen molar-refractivity contribution in [3.63, 3.8) is 0 Å². The summed E-state index contributed by atoms with van der Waals surface area (Å²) in [7, 11) is 1.99. The fraction of sp³-hybridized carbons (Fsp3) is 0.571. The van der Waals surface area contributed by atoms with E-state index in [2.05, 4.69) is 30.4 Å². The standard InChI is InChI=1S/C14H21NO2/c1-3-14(15-2)11-5-4-6-12(9-11)17-13-7-8-16-10-13/h4-6,9,13-15H,3,7-8,10H2,1-2H3. The Morgan fingerprint density at radius 1 is 1.53 bits per heavy atom. The fourth-order valence-electron chi connectivity index (χ4n) is 2.21. The zero-order chi connectivity index (χ0) is 12.1. The fourth-order valence-corrected chi connectivity index (χ4v) is 2.21. The Morgan fingerprint density at radius 3 is 3.06 bits per heavy atom. The van der Waals surface area contributed by atoms with Crippen LogP contribution in [-0.2, 0) is 4.74 Å². The Kier molecular flexibility index (Phi) is 4.40. The van der Waals surface area contributed by atoms with Crippen molar-refractivity contribution in [2.24, 2.45) is 0 Å². The topological polar surface area (TPSA) is 30.5 Å². The van der Waals surface area contributed by atoms with E-state index in [1.165, 1.54) is 5.56 Å². The molecule has 1 saturated heterocycles. The summed E-state index contributed by atoms with van der Waals surface area (Å²) in [6.45, 7) is 3.71. The average molecular weight is 235 g/mol. The van der Waals surface area contributed by atoms with E-state index in [0.29, 0.717) is 12.6 Å². The molecule has 1 aromatic rings. The Labute approximate surface area is 103 Å². The Morgan fingerprint density at radius 2 is 2.41 bits per heavy atom. The van der Waals surface area contributed by atoms with Gasteiger partial charge in [0.2, 0.25) is 0 Å². The summed E-state index contributed by atoms with van der Waals surface area (Å²) in [6, 6.07) is 8.74. The zero-order valence-corrected chi connectivity index (χ0v) is 10.6. The summed E-state index contributed by atoms with van der Waals surface area (Å²) in [5, 5.41) is 3.31. The van der Waals surface area contributed by atoms with Crippen molar-refractivity contribution >= 4 is 0 Å². The molecule has 1 fully saturated rings. The van der Waals surface area contributed by atoms with Gasteiger partial charge in [-0.3, -0.25) is 0 Å². The van der Waals surface area contributed by atoms with Crippen LogP contribution in [0.1, 0.15) is 31.4 Å². The highest BCUT2D eigenvalue weighted by atomic mass is 16.5. The molecule has 0 aromatic heterocycles. The number of hydrogen-bond donors (Lipinski definition) is 1. The van der Waals surface area contributed by atoms with Crippen LogP contribution in [0.3, 0.4) is 0 Å². The molecule has 0 spiro atoms. The van der Waals surface area contributed by atoms with Crippen LogP contribution >= 0.6 is 0 Å². The summed E-state index contributed by atoms with van der Waals surface area (Å²) >= 11 is 0. The highest BCUT2D eigenvalue weighted by Crippen LogP contribution is 2.23. The van der Waals surface area contributed by atoms with E-state index in [9.17, 15) is 0 Å². The lowest BCUT2D eigenvalue weighted by Crippen LogP contribution is -2.17. The first-order chi connectivity index (χ1) is 8.33. The minimum absolute atomic E-state index is 0.222. The van der Waals surface area contributed by atoms with E-state index >= 15 is 0 Å². The first-order valence-corrected chi connectivity index (χ1v) is 6.35. The summed E-state index contributed by atoms with van der Waals surface area (Å²) in [4.78, 5) is 0. The molecule has 1 heterocycles. The van der Waals surface area contributed by atoms with E-state index in [1.807, 2.05) is 13.1 Å². The van der Waals surface area contributed by atoms with Gasteiger partial charge in [0, 0.05) is 12.5 Å². The van der Waals surface area contributed by atoms with Crippen LogP contribution in [0.2, 0.25) is 0 Å². The van der Waals surface area contributed by atoms with E-state index in [0.717, 1.165) is 25.2 Å². The van der Waals surface area contributed by atoms with Gasteiger partial charge in [-0.2, -0.15) is 0 Å². The van der Waals surface area contributed by atoms with Crippen LogP contribution in [0.4, 0.5) is 0 Å². The van der Waals surface area contributed by atoms with Crippen LogP contribution in [0.25, 0.3) is 0 Å². The second kappa shape index (κ2) is 6.03. The normalized spacial score (nSPS) is 21.4. The van der Waals surface area contributed by atoms with Gasteiger partial charge in [0.1, 0.15) is 11.9 Å². The lowest BCUT2D eigenvalue weighted by atomic mass is 10.0. The van der Waals surface area contributed by atoms with Crippen LogP contribution < -0.4 is 10.1 Å². The van der Waals surface area contributed by atoms with Gasteiger partial charge in [-0.25, -0.2) is 0 Å². The molecule has 1 aliphatic heterocycles. The van der Waals surface area contributed by atoms with Gasteiger partial charge < -0.3 is 14.8 Å². The smallest absolute Gasteiger partial charge is 0.124 e. The van der Waals surface area contributed by atoms with E-state index in [1.54, 1.807) is 0 Å². The lowest BCUT2D eigenvalue weighted by Gasteiger charge is -2.17. The monoisotopic (exact) mass is 235 g/mol. The van der Waals surface area contributed by atoms with Crippen LogP contribution in [-0.4, -0.2) is 26.4 Å². The second-order valence-electron chi connectivity index (χ2n) is 4.43. The van der Waals surface area contributed by atoms with Crippen molar-refractivity contribution in [3.8, 4) is 5.75 Å². The maximum absolute atomic E-state index is 5.90. The number of hydrogen-bond acceptors (Lipinski definition) is 3. The van der Waals surface area contributed by atoms with Crippen molar-refractivity contribution < 1.29 is 9.47 Å². The molecule has 0 saturated carbocycles. The van der Waals surface area contributed by atoms with Gasteiger partial charge >= 0.3 is 0 Å². The van der Waals surface area contributed by atoms with Crippen molar-refractivity contribution in [2.45, 2.75) is 31.9 Å². The van der Waals surface area contributed by atoms with Gasteiger partial charge in [-0.05, 0) is 31.2 Å². The minimum Gasteiger partial charge on any atom is -0.488 e. The summed E-state index contributed by atoms with van der Waals surface area (Å²) in [5.41, 5.74) is 1.28. The molecule has 0 radical (unpaired) electrons. The van der Waals surface area contributed by atoms with Crippen LogP contribution in [0.5, 0.6) is 5.75 Å². The largest absolute Gasteiger partial charge is 0.488 e. The predicted octanol–water partition coefficient (Wildman–Crippen LogP) is 2.52. The molecular formula is C14H21NO2. The molecule has 1 aromatic carbocycles. The van der Waals surface area contributed by atoms with E-state index in [4.69, 9.17) is 9.47 Å². The minimum atomic E-state index is 0.222. The van der Waals surface area contributed by atoms with Gasteiger partial charge in [0.25, 0.3) is 0 Å². The molecule has 1 N–H and O–H groups in total. The zero-order valence-electron chi connectivity index (χ0n) is 10.6. The summed E-state index contributed by atoms with van der Waals surface area (Å²) < 4.78 is 11.2.